The van der Waals surface area contributed by atoms with Crippen molar-refractivity contribution in [3.63, 3.8) is 0 Å². The fourth-order valence-electron chi connectivity index (χ4n) is 2.30. The molecular weight excluding hydrogens is 398 g/mol. The maximum Gasteiger partial charge on any atom is 0.237 e. The number of pyridine rings is 1. The Morgan fingerprint density at radius 1 is 1.31 bits per heavy atom. The number of nitrogens with one attached hydrogen (secondary N) is 1. The summed E-state index contributed by atoms with van der Waals surface area (Å²) in [7, 11) is 0. The molecule has 1 aromatic carbocycles. The predicted molar refractivity (Wildman–Crippen MR) is 108 cm³/mol. The average molecular weight is 419 g/mol. The van der Waals surface area contributed by atoms with Crippen LogP contribution < -0.4 is 10.1 Å². The van der Waals surface area contributed by atoms with E-state index in [4.69, 9.17) is 27.9 Å². The molecule has 0 radical (unpaired) electrons. The van der Waals surface area contributed by atoms with Crippen LogP contribution in [0.3, 0.4) is 0 Å². The number of phenolic OH excluding ortho intramolecular Hbond substituents is 1. The van der Waals surface area contributed by atoms with E-state index in [0.29, 0.717) is 17.9 Å². The molecule has 0 aliphatic carbocycles. The van der Waals surface area contributed by atoms with E-state index >= 15 is 0 Å². The molecule has 0 bridgehead atoms. The smallest absolute Gasteiger partial charge is 0.237 e. The Morgan fingerprint density at radius 3 is 2.69 bits per heavy atom. The molecular formula is C18H21Cl2FN2O2S. The highest BCUT2D eigenvalue weighted by Crippen LogP contribution is 2.42. The summed E-state index contributed by atoms with van der Waals surface area (Å²) in [5.74, 6) is 0.945. The predicted octanol–water partition coefficient (Wildman–Crippen LogP) is 6.31. The molecule has 8 heteroatoms. The number of halogens is 3. The lowest BCUT2D eigenvalue weighted by atomic mass is 10.0. The van der Waals surface area contributed by atoms with Crippen LogP contribution in [-0.2, 0) is 0 Å². The van der Waals surface area contributed by atoms with Crippen molar-refractivity contribution in [3.05, 3.63) is 39.8 Å². The Balaban J connectivity index is 2.31. The van der Waals surface area contributed by atoms with E-state index in [1.807, 2.05) is 20.1 Å². The molecule has 142 valence electrons. The van der Waals surface area contributed by atoms with Gasteiger partial charge in [-0.05, 0) is 42.5 Å². The summed E-state index contributed by atoms with van der Waals surface area (Å²) >= 11 is 14.1. The molecule has 0 atom stereocenters. The lowest BCUT2D eigenvalue weighted by molar-refractivity contribution is 0.452. The maximum atomic E-state index is 14.1. The highest BCUT2D eigenvalue weighted by Gasteiger charge is 2.20. The highest BCUT2D eigenvalue weighted by molar-refractivity contribution is 7.98. The van der Waals surface area contributed by atoms with E-state index in [-0.39, 0.29) is 33.3 Å². The van der Waals surface area contributed by atoms with Gasteiger partial charge in [0.1, 0.15) is 21.5 Å². The monoisotopic (exact) mass is 418 g/mol. The topological polar surface area (TPSA) is 54.4 Å². The SMILES string of the molecule is CSCCCNc1nc(F)c(Cl)c(Oc2ccc(O)c(C(C)C)c2)c1Cl. The fourth-order valence-corrected chi connectivity index (χ4v) is 3.20. The Labute approximate surface area is 167 Å². The van der Waals surface area contributed by atoms with Crippen molar-refractivity contribution in [2.24, 2.45) is 0 Å². The van der Waals surface area contributed by atoms with Crippen LogP contribution in [0.1, 0.15) is 31.7 Å². The molecule has 2 aromatic rings. The van der Waals surface area contributed by atoms with Gasteiger partial charge in [0.25, 0.3) is 0 Å². The highest BCUT2D eigenvalue weighted by atomic mass is 35.5. The number of aromatic nitrogens is 1. The molecule has 0 aliphatic heterocycles. The molecule has 0 fully saturated rings. The number of anilines is 1. The van der Waals surface area contributed by atoms with Gasteiger partial charge in [0.15, 0.2) is 11.6 Å². The number of benzene rings is 1. The molecule has 0 amide bonds. The van der Waals surface area contributed by atoms with Crippen LogP contribution in [0, 0.1) is 5.95 Å². The number of nitrogens with zero attached hydrogens (tertiary/aromatic N) is 1. The van der Waals surface area contributed by atoms with Crippen molar-refractivity contribution < 1.29 is 14.2 Å². The van der Waals surface area contributed by atoms with Gasteiger partial charge in [-0.25, -0.2) is 0 Å². The van der Waals surface area contributed by atoms with Crippen molar-refractivity contribution in [1.82, 2.24) is 4.98 Å². The lowest BCUT2D eigenvalue weighted by Gasteiger charge is -2.15. The largest absolute Gasteiger partial charge is 0.508 e. The van der Waals surface area contributed by atoms with Gasteiger partial charge in [-0.15, -0.1) is 0 Å². The molecule has 0 spiro atoms. The van der Waals surface area contributed by atoms with Crippen molar-refractivity contribution in [3.8, 4) is 17.2 Å². The second-order valence-corrected chi connectivity index (χ2v) is 7.70. The second-order valence-electron chi connectivity index (χ2n) is 5.96. The van der Waals surface area contributed by atoms with Gasteiger partial charge < -0.3 is 15.2 Å². The van der Waals surface area contributed by atoms with Crippen LogP contribution in [0.2, 0.25) is 10.0 Å². The summed E-state index contributed by atoms with van der Waals surface area (Å²) < 4.78 is 19.8. The molecule has 1 heterocycles. The van der Waals surface area contributed by atoms with Gasteiger partial charge in [-0.3, -0.25) is 0 Å². The molecule has 2 N–H and O–H groups in total. The van der Waals surface area contributed by atoms with E-state index in [1.54, 1.807) is 23.9 Å². The fraction of sp³-hybridized carbons (Fsp3) is 0.389. The number of phenols is 1. The second kappa shape index (κ2) is 9.53. The van der Waals surface area contributed by atoms with Gasteiger partial charge >= 0.3 is 0 Å². The molecule has 0 aliphatic rings. The van der Waals surface area contributed by atoms with Crippen LogP contribution in [0.4, 0.5) is 10.2 Å². The van der Waals surface area contributed by atoms with E-state index in [9.17, 15) is 9.50 Å². The Hall–Kier alpha value is -1.37. The van der Waals surface area contributed by atoms with Crippen LogP contribution in [0.15, 0.2) is 18.2 Å². The van der Waals surface area contributed by atoms with Crippen LogP contribution >= 0.6 is 35.0 Å². The van der Waals surface area contributed by atoms with Crippen LogP contribution in [0.25, 0.3) is 0 Å². The number of hydrogen-bond acceptors (Lipinski definition) is 5. The quantitative estimate of drug-likeness (QED) is 0.388. The van der Waals surface area contributed by atoms with Crippen LogP contribution in [-0.4, -0.2) is 28.6 Å². The van der Waals surface area contributed by atoms with Crippen LogP contribution in [0.5, 0.6) is 17.2 Å². The molecule has 0 unspecified atom stereocenters. The number of rotatable bonds is 8. The third-order valence-corrected chi connectivity index (χ3v) is 5.03. The normalized spacial score (nSPS) is 11.0. The summed E-state index contributed by atoms with van der Waals surface area (Å²) in [6.07, 6.45) is 2.90. The first-order valence-corrected chi connectivity index (χ1v) is 10.3. The minimum atomic E-state index is -0.860. The number of thioether (sulfide) groups is 1. The molecule has 0 saturated carbocycles. The van der Waals surface area contributed by atoms with Gasteiger partial charge in [0, 0.05) is 12.1 Å². The molecule has 4 nitrogen and oxygen atoms in total. The molecule has 0 saturated heterocycles. The van der Waals surface area contributed by atoms with E-state index < -0.39 is 5.95 Å². The summed E-state index contributed by atoms with van der Waals surface area (Å²) in [4.78, 5) is 3.76. The molecule has 26 heavy (non-hydrogen) atoms. The minimum absolute atomic E-state index is 0.00593. The van der Waals surface area contributed by atoms with Crippen molar-refractivity contribution >= 4 is 40.8 Å². The zero-order valence-electron chi connectivity index (χ0n) is 14.8. The third kappa shape index (κ3) is 5.09. The van der Waals surface area contributed by atoms with Gasteiger partial charge in [0.05, 0.1) is 0 Å². The Kier molecular flexibility index (Phi) is 7.68. The summed E-state index contributed by atoms with van der Waals surface area (Å²) in [5, 5.41) is 12.7. The summed E-state index contributed by atoms with van der Waals surface area (Å²) in [6.45, 7) is 4.49. The number of ether oxygens (including phenoxy) is 1. The Morgan fingerprint density at radius 2 is 2.04 bits per heavy atom. The average Bonchev–Trinajstić information content (AvgIpc) is 2.60. The van der Waals surface area contributed by atoms with Crippen molar-refractivity contribution in [2.75, 3.05) is 23.9 Å². The summed E-state index contributed by atoms with van der Waals surface area (Å²) in [6, 6.07) is 4.76. The zero-order valence-corrected chi connectivity index (χ0v) is 17.1. The maximum absolute atomic E-state index is 14.1. The molecule has 1 aromatic heterocycles. The minimum Gasteiger partial charge on any atom is -0.508 e. The first-order chi connectivity index (χ1) is 12.3. The number of hydrogen-bond donors (Lipinski definition) is 2. The van der Waals surface area contributed by atoms with E-state index in [0.717, 1.165) is 12.2 Å². The summed E-state index contributed by atoms with van der Waals surface area (Å²) in [5.41, 5.74) is 0.708. The van der Waals surface area contributed by atoms with E-state index in [1.165, 1.54) is 6.07 Å². The standard InChI is InChI=1S/C18H21Cl2FN2O2S/c1-10(2)12-9-11(5-6-13(12)24)25-16-14(19)17(21)23-18(15(16)20)22-7-4-8-26-3/h5-6,9-10,24H,4,7-8H2,1-3H3,(H,22,23). The number of aromatic hydroxyl groups is 1. The first-order valence-electron chi connectivity index (χ1n) is 8.13. The van der Waals surface area contributed by atoms with Gasteiger partial charge in [-0.1, -0.05) is 37.0 Å². The van der Waals surface area contributed by atoms with Gasteiger partial charge in [0.2, 0.25) is 5.95 Å². The lowest BCUT2D eigenvalue weighted by Crippen LogP contribution is -2.07. The van der Waals surface area contributed by atoms with Crippen molar-refractivity contribution in [2.45, 2.75) is 26.2 Å². The third-order valence-electron chi connectivity index (χ3n) is 3.66. The van der Waals surface area contributed by atoms with E-state index in [2.05, 4.69) is 10.3 Å². The van der Waals surface area contributed by atoms with Gasteiger partial charge in [-0.2, -0.15) is 21.1 Å². The Bertz CT molecular complexity index is 775. The zero-order chi connectivity index (χ0) is 19.3. The first kappa shape index (κ1) is 20.9. The molecule has 2 rings (SSSR count). The van der Waals surface area contributed by atoms with Crippen molar-refractivity contribution in [1.29, 1.82) is 0 Å².